The van der Waals surface area contributed by atoms with Gasteiger partial charge in [-0.05, 0) is 30.3 Å². The van der Waals surface area contributed by atoms with Crippen molar-refractivity contribution in [3.63, 3.8) is 0 Å². The highest BCUT2D eigenvalue weighted by Crippen LogP contribution is 2.25. The minimum atomic E-state index is -0.117. The van der Waals surface area contributed by atoms with E-state index in [0.29, 0.717) is 23.5 Å². The number of carbonyl (C=O) groups excluding carboxylic acids is 1. The van der Waals surface area contributed by atoms with Crippen molar-refractivity contribution >= 4 is 21.7 Å². The first kappa shape index (κ1) is 13.5. The normalized spacial score (nSPS) is 9.95. The van der Waals surface area contributed by atoms with Crippen LogP contribution in [0.2, 0.25) is 0 Å². The first-order chi connectivity index (χ1) is 9.22. The van der Waals surface area contributed by atoms with Crippen molar-refractivity contribution in [3.8, 4) is 5.75 Å². The van der Waals surface area contributed by atoms with Crippen LogP contribution in [-0.2, 0) is 0 Å². The molecule has 0 amide bonds. The average Bonchev–Trinajstić information content (AvgIpc) is 2.46. The quantitative estimate of drug-likeness (QED) is 0.624. The average molecular weight is 318 g/mol. The van der Waals surface area contributed by atoms with Gasteiger partial charge in [-0.25, -0.2) is 0 Å². The Morgan fingerprint density at radius 3 is 2.95 bits per heavy atom. The molecule has 4 heteroatoms. The van der Waals surface area contributed by atoms with Crippen molar-refractivity contribution in [3.05, 3.63) is 71.0 Å². The second kappa shape index (κ2) is 6.29. The van der Waals surface area contributed by atoms with Crippen LogP contribution in [0.15, 0.2) is 59.9 Å². The van der Waals surface area contributed by atoms with E-state index in [1.807, 2.05) is 6.07 Å². The van der Waals surface area contributed by atoms with E-state index < -0.39 is 0 Å². The monoisotopic (exact) mass is 317 g/mol. The van der Waals surface area contributed by atoms with E-state index in [9.17, 15) is 4.79 Å². The Morgan fingerprint density at radius 1 is 1.42 bits per heavy atom. The zero-order chi connectivity index (χ0) is 13.7. The summed E-state index contributed by atoms with van der Waals surface area (Å²) in [4.78, 5) is 16.4. The number of halogens is 1. The van der Waals surface area contributed by atoms with Crippen LogP contribution in [0.1, 0.15) is 15.9 Å². The van der Waals surface area contributed by atoms with Crippen molar-refractivity contribution in [2.45, 2.75) is 0 Å². The van der Waals surface area contributed by atoms with Gasteiger partial charge in [-0.3, -0.25) is 9.78 Å². The molecule has 0 saturated heterocycles. The molecule has 19 heavy (non-hydrogen) atoms. The fourth-order valence-electron chi connectivity index (χ4n) is 1.61. The third kappa shape index (κ3) is 3.29. The van der Waals surface area contributed by atoms with E-state index in [-0.39, 0.29) is 5.78 Å². The van der Waals surface area contributed by atoms with Crippen LogP contribution in [0.3, 0.4) is 0 Å². The van der Waals surface area contributed by atoms with Gasteiger partial charge in [0.15, 0.2) is 5.78 Å². The number of hydrogen-bond acceptors (Lipinski definition) is 3. The van der Waals surface area contributed by atoms with Gasteiger partial charge >= 0.3 is 0 Å². The van der Waals surface area contributed by atoms with E-state index in [4.69, 9.17) is 4.74 Å². The lowest BCUT2D eigenvalue weighted by Crippen LogP contribution is -2.06. The highest BCUT2D eigenvalue weighted by atomic mass is 79.9. The van der Waals surface area contributed by atoms with Gasteiger partial charge < -0.3 is 4.74 Å². The first-order valence-electron chi connectivity index (χ1n) is 5.70. The molecule has 1 aromatic carbocycles. The van der Waals surface area contributed by atoms with E-state index in [1.165, 1.54) is 0 Å². The molecule has 0 saturated carbocycles. The van der Waals surface area contributed by atoms with Crippen LogP contribution < -0.4 is 4.74 Å². The third-order valence-corrected chi connectivity index (χ3v) is 2.96. The van der Waals surface area contributed by atoms with Gasteiger partial charge in [0.05, 0.1) is 5.56 Å². The summed E-state index contributed by atoms with van der Waals surface area (Å²) in [5.41, 5.74) is 1.04. The Balaban J connectivity index is 2.39. The number of pyridine rings is 1. The Hall–Kier alpha value is -1.94. The predicted molar refractivity (Wildman–Crippen MR) is 77.5 cm³/mol. The van der Waals surface area contributed by atoms with E-state index >= 15 is 0 Å². The van der Waals surface area contributed by atoms with Crippen LogP contribution in [0.25, 0.3) is 0 Å². The summed E-state index contributed by atoms with van der Waals surface area (Å²) < 4.78 is 6.33. The second-order valence-electron chi connectivity index (χ2n) is 3.81. The lowest BCUT2D eigenvalue weighted by atomic mass is 10.0. The molecule has 0 bridgehead atoms. The summed E-state index contributed by atoms with van der Waals surface area (Å²) >= 11 is 3.36. The summed E-state index contributed by atoms with van der Waals surface area (Å²) in [6, 6.07) is 8.80. The smallest absolute Gasteiger partial charge is 0.198 e. The second-order valence-corrected chi connectivity index (χ2v) is 4.73. The van der Waals surface area contributed by atoms with Gasteiger partial charge in [0.25, 0.3) is 0 Å². The SMILES string of the molecule is C=CCOc1ccc(Br)cc1C(=O)c1cccnc1. The first-order valence-corrected chi connectivity index (χ1v) is 6.49. The summed E-state index contributed by atoms with van der Waals surface area (Å²) in [5.74, 6) is 0.422. The molecule has 0 fully saturated rings. The molecule has 0 unspecified atom stereocenters. The fourth-order valence-corrected chi connectivity index (χ4v) is 1.97. The zero-order valence-corrected chi connectivity index (χ0v) is 11.8. The molecule has 0 N–H and O–H groups in total. The summed E-state index contributed by atoms with van der Waals surface area (Å²) in [6.45, 7) is 3.95. The third-order valence-electron chi connectivity index (χ3n) is 2.47. The lowest BCUT2D eigenvalue weighted by molar-refractivity contribution is 0.103. The standard InChI is InChI=1S/C15H12BrNO2/c1-2-8-19-14-6-5-12(16)9-13(14)15(18)11-4-3-7-17-10-11/h2-7,9-10H,1,8H2. The predicted octanol–water partition coefficient (Wildman–Crippen LogP) is 3.64. The highest BCUT2D eigenvalue weighted by molar-refractivity contribution is 9.10. The van der Waals surface area contributed by atoms with Crippen molar-refractivity contribution in [2.24, 2.45) is 0 Å². The minimum absolute atomic E-state index is 0.117. The number of rotatable bonds is 5. The highest BCUT2D eigenvalue weighted by Gasteiger charge is 2.15. The number of carbonyl (C=O) groups is 1. The number of benzene rings is 1. The summed E-state index contributed by atoms with van der Waals surface area (Å²) in [5, 5.41) is 0. The van der Waals surface area contributed by atoms with Gasteiger partial charge in [-0.2, -0.15) is 0 Å². The fraction of sp³-hybridized carbons (Fsp3) is 0.0667. The maximum absolute atomic E-state index is 12.4. The lowest BCUT2D eigenvalue weighted by Gasteiger charge is -2.09. The van der Waals surface area contributed by atoms with Crippen molar-refractivity contribution in [1.29, 1.82) is 0 Å². The number of ketones is 1. The maximum Gasteiger partial charge on any atom is 0.198 e. The van der Waals surface area contributed by atoms with Gasteiger partial charge in [-0.15, -0.1) is 0 Å². The van der Waals surface area contributed by atoms with Crippen LogP contribution >= 0.6 is 15.9 Å². The molecule has 2 rings (SSSR count). The molecule has 3 nitrogen and oxygen atoms in total. The van der Waals surface area contributed by atoms with E-state index in [0.717, 1.165) is 4.47 Å². The van der Waals surface area contributed by atoms with Gasteiger partial charge in [0.2, 0.25) is 0 Å². The minimum Gasteiger partial charge on any atom is -0.489 e. The summed E-state index contributed by atoms with van der Waals surface area (Å²) in [7, 11) is 0. The van der Waals surface area contributed by atoms with Gasteiger partial charge in [0, 0.05) is 22.4 Å². The molecule has 96 valence electrons. The zero-order valence-electron chi connectivity index (χ0n) is 10.2. The van der Waals surface area contributed by atoms with Crippen LogP contribution in [-0.4, -0.2) is 17.4 Å². The summed E-state index contributed by atoms with van der Waals surface area (Å²) in [6.07, 6.45) is 4.81. The molecule has 0 aliphatic carbocycles. The molecule has 0 radical (unpaired) electrons. The van der Waals surface area contributed by atoms with E-state index in [2.05, 4.69) is 27.5 Å². The molecule has 1 heterocycles. The molecular formula is C15H12BrNO2. The van der Waals surface area contributed by atoms with E-state index in [1.54, 1.807) is 42.7 Å². The number of aromatic nitrogens is 1. The Morgan fingerprint density at radius 2 is 2.26 bits per heavy atom. The molecule has 0 aliphatic heterocycles. The molecule has 0 atom stereocenters. The van der Waals surface area contributed by atoms with Crippen LogP contribution in [0.5, 0.6) is 5.75 Å². The van der Waals surface area contributed by atoms with Crippen molar-refractivity contribution < 1.29 is 9.53 Å². The Kier molecular flexibility index (Phi) is 4.47. The van der Waals surface area contributed by atoms with Gasteiger partial charge in [-0.1, -0.05) is 28.6 Å². The van der Waals surface area contributed by atoms with Crippen LogP contribution in [0.4, 0.5) is 0 Å². The van der Waals surface area contributed by atoms with Gasteiger partial charge in [0.1, 0.15) is 12.4 Å². The van der Waals surface area contributed by atoms with Crippen molar-refractivity contribution in [2.75, 3.05) is 6.61 Å². The Labute approximate surface area is 120 Å². The molecule has 0 spiro atoms. The molecular weight excluding hydrogens is 306 g/mol. The topological polar surface area (TPSA) is 39.2 Å². The number of ether oxygens (including phenoxy) is 1. The van der Waals surface area contributed by atoms with Crippen LogP contribution in [0, 0.1) is 0 Å². The van der Waals surface area contributed by atoms with Crippen molar-refractivity contribution in [1.82, 2.24) is 4.98 Å². The Bertz CT molecular complexity index is 596. The largest absolute Gasteiger partial charge is 0.489 e. The number of nitrogens with zero attached hydrogens (tertiary/aromatic N) is 1. The maximum atomic E-state index is 12.4. The molecule has 1 aromatic heterocycles. The molecule has 2 aromatic rings. The molecule has 0 aliphatic rings. The number of hydrogen-bond donors (Lipinski definition) is 0.